The van der Waals surface area contributed by atoms with Gasteiger partial charge in [-0.25, -0.2) is 4.79 Å². The SMILES string of the molecule is CN1CCC(OC(=O)C2CCC2)N(O)C1=O. The fourth-order valence-electron chi connectivity index (χ4n) is 1.80. The predicted molar refractivity (Wildman–Crippen MR) is 53.5 cm³/mol. The van der Waals surface area contributed by atoms with Crippen LogP contribution in [0.15, 0.2) is 0 Å². The summed E-state index contributed by atoms with van der Waals surface area (Å²) in [5.74, 6) is -0.337. The lowest BCUT2D eigenvalue weighted by Crippen LogP contribution is -2.53. The summed E-state index contributed by atoms with van der Waals surface area (Å²) in [6.07, 6.45) is 2.37. The van der Waals surface area contributed by atoms with E-state index in [9.17, 15) is 14.8 Å². The van der Waals surface area contributed by atoms with Crippen molar-refractivity contribution in [2.24, 2.45) is 5.92 Å². The quantitative estimate of drug-likeness (QED) is 0.560. The molecule has 16 heavy (non-hydrogen) atoms. The zero-order valence-corrected chi connectivity index (χ0v) is 9.26. The molecule has 1 aliphatic carbocycles. The number of hydroxylamine groups is 2. The van der Waals surface area contributed by atoms with Gasteiger partial charge in [-0.2, -0.15) is 5.06 Å². The Hall–Kier alpha value is -1.30. The topological polar surface area (TPSA) is 70.1 Å². The minimum absolute atomic E-state index is 0.0387. The molecule has 0 aromatic rings. The summed E-state index contributed by atoms with van der Waals surface area (Å²) in [7, 11) is 1.59. The van der Waals surface area contributed by atoms with Gasteiger partial charge in [-0.05, 0) is 12.8 Å². The van der Waals surface area contributed by atoms with E-state index in [1.54, 1.807) is 7.05 Å². The van der Waals surface area contributed by atoms with Crippen LogP contribution < -0.4 is 0 Å². The van der Waals surface area contributed by atoms with Crippen LogP contribution in [0.1, 0.15) is 25.7 Å². The van der Waals surface area contributed by atoms with Gasteiger partial charge in [0.2, 0.25) is 6.23 Å². The number of esters is 1. The van der Waals surface area contributed by atoms with E-state index in [2.05, 4.69) is 0 Å². The lowest BCUT2D eigenvalue weighted by atomic mass is 9.86. The van der Waals surface area contributed by atoms with Crippen molar-refractivity contribution in [3.05, 3.63) is 0 Å². The summed E-state index contributed by atoms with van der Waals surface area (Å²) >= 11 is 0. The first kappa shape index (κ1) is 11.2. The Labute approximate surface area is 93.7 Å². The third-order valence-corrected chi connectivity index (χ3v) is 3.20. The third kappa shape index (κ3) is 1.97. The van der Waals surface area contributed by atoms with Crippen molar-refractivity contribution in [2.45, 2.75) is 31.9 Å². The Morgan fingerprint density at radius 3 is 2.69 bits per heavy atom. The van der Waals surface area contributed by atoms with E-state index >= 15 is 0 Å². The van der Waals surface area contributed by atoms with Crippen molar-refractivity contribution < 1.29 is 19.5 Å². The van der Waals surface area contributed by atoms with Crippen molar-refractivity contribution in [1.29, 1.82) is 0 Å². The van der Waals surface area contributed by atoms with E-state index in [-0.39, 0.29) is 11.9 Å². The molecule has 2 rings (SSSR count). The van der Waals surface area contributed by atoms with Crippen molar-refractivity contribution >= 4 is 12.0 Å². The molecule has 1 unspecified atom stereocenters. The van der Waals surface area contributed by atoms with Crippen LogP contribution in [0, 0.1) is 5.92 Å². The van der Waals surface area contributed by atoms with Gasteiger partial charge in [0.15, 0.2) is 0 Å². The second kappa shape index (κ2) is 4.29. The van der Waals surface area contributed by atoms with Gasteiger partial charge in [0.05, 0.1) is 5.92 Å². The Kier molecular flexibility index (Phi) is 3.00. The lowest BCUT2D eigenvalue weighted by Gasteiger charge is -2.36. The van der Waals surface area contributed by atoms with Crippen LogP contribution in [0.2, 0.25) is 0 Å². The normalized spacial score (nSPS) is 26.6. The second-order valence-electron chi connectivity index (χ2n) is 4.36. The molecule has 0 bridgehead atoms. The summed E-state index contributed by atoms with van der Waals surface area (Å²) in [5.41, 5.74) is 0. The largest absolute Gasteiger partial charge is 0.439 e. The highest BCUT2D eigenvalue weighted by Gasteiger charge is 2.36. The summed E-state index contributed by atoms with van der Waals surface area (Å²) < 4.78 is 5.12. The third-order valence-electron chi connectivity index (χ3n) is 3.20. The first-order chi connectivity index (χ1) is 7.59. The van der Waals surface area contributed by atoms with Gasteiger partial charge in [0, 0.05) is 20.0 Å². The van der Waals surface area contributed by atoms with E-state index in [1.165, 1.54) is 4.90 Å². The first-order valence-corrected chi connectivity index (χ1v) is 5.53. The van der Waals surface area contributed by atoms with Crippen LogP contribution >= 0.6 is 0 Å². The lowest BCUT2D eigenvalue weighted by molar-refractivity contribution is -0.209. The maximum absolute atomic E-state index is 11.5. The molecule has 0 spiro atoms. The fraction of sp³-hybridized carbons (Fsp3) is 0.800. The Balaban J connectivity index is 1.89. The number of amides is 2. The molecule has 1 saturated heterocycles. The molecule has 6 heteroatoms. The molecule has 6 nitrogen and oxygen atoms in total. The van der Waals surface area contributed by atoms with Crippen LogP contribution in [0.4, 0.5) is 4.79 Å². The molecule has 1 N–H and O–H groups in total. The standard InChI is InChI=1S/C10H16N2O4/c1-11-6-5-8(12(15)10(11)14)16-9(13)7-3-2-4-7/h7-8,15H,2-6H2,1H3. The molecule has 2 fully saturated rings. The number of ether oxygens (including phenoxy) is 1. The summed E-state index contributed by atoms with van der Waals surface area (Å²) in [4.78, 5) is 24.3. The van der Waals surface area contributed by atoms with E-state index in [0.717, 1.165) is 19.3 Å². The second-order valence-corrected chi connectivity index (χ2v) is 4.36. The van der Waals surface area contributed by atoms with Crippen LogP contribution in [0.5, 0.6) is 0 Å². The molecule has 90 valence electrons. The first-order valence-electron chi connectivity index (χ1n) is 5.53. The van der Waals surface area contributed by atoms with Gasteiger partial charge < -0.3 is 9.64 Å². The average Bonchev–Trinajstić information content (AvgIpc) is 2.16. The fourth-order valence-corrected chi connectivity index (χ4v) is 1.80. The van der Waals surface area contributed by atoms with Crippen LogP contribution in [-0.4, -0.2) is 47.0 Å². The van der Waals surface area contributed by atoms with E-state index in [0.29, 0.717) is 18.0 Å². The van der Waals surface area contributed by atoms with E-state index < -0.39 is 12.3 Å². The monoisotopic (exact) mass is 228 g/mol. The smallest absolute Gasteiger partial charge is 0.346 e. The average molecular weight is 228 g/mol. The minimum Gasteiger partial charge on any atom is -0.439 e. The minimum atomic E-state index is -0.822. The van der Waals surface area contributed by atoms with Gasteiger partial charge >= 0.3 is 12.0 Å². The molecular formula is C10H16N2O4. The molecular weight excluding hydrogens is 212 g/mol. The Morgan fingerprint density at radius 2 is 2.12 bits per heavy atom. The summed E-state index contributed by atoms with van der Waals surface area (Å²) in [6, 6.07) is -0.530. The maximum Gasteiger partial charge on any atom is 0.346 e. The van der Waals surface area contributed by atoms with Crippen LogP contribution in [0.25, 0.3) is 0 Å². The molecule has 0 radical (unpaired) electrons. The number of rotatable bonds is 2. The number of carbonyl (C=O) groups is 2. The van der Waals surface area contributed by atoms with Gasteiger partial charge in [-0.3, -0.25) is 10.0 Å². The van der Waals surface area contributed by atoms with Crippen LogP contribution in [-0.2, 0) is 9.53 Å². The molecule has 2 amide bonds. The molecule has 1 saturated carbocycles. The zero-order valence-electron chi connectivity index (χ0n) is 9.26. The van der Waals surface area contributed by atoms with Crippen molar-refractivity contribution in [3.8, 4) is 0 Å². The highest BCUT2D eigenvalue weighted by Crippen LogP contribution is 2.28. The molecule has 1 atom stereocenters. The number of hydrogen-bond donors (Lipinski definition) is 1. The molecule has 1 heterocycles. The molecule has 1 aliphatic heterocycles. The Morgan fingerprint density at radius 1 is 1.44 bits per heavy atom. The highest BCUT2D eigenvalue weighted by molar-refractivity contribution is 5.76. The van der Waals surface area contributed by atoms with Gasteiger partial charge in [0.25, 0.3) is 0 Å². The van der Waals surface area contributed by atoms with Gasteiger partial charge in [-0.15, -0.1) is 0 Å². The number of hydrogen-bond acceptors (Lipinski definition) is 4. The molecule has 0 aromatic carbocycles. The summed E-state index contributed by atoms with van der Waals surface area (Å²) in [5, 5.41) is 9.99. The molecule has 2 aliphatic rings. The number of urea groups is 1. The zero-order chi connectivity index (χ0) is 11.7. The highest BCUT2D eigenvalue weighted by atomic mass is 16.6. The Bertz CT molecular complexity index is 303. The maximum atomic E-state index is 11.5. The van der Waals surface area contributed by atoms with Crippen molar-refractivity contribution in [2.75, 3.05) is 13.6 Å². The van der Waals surface area contributed by atoms with Crippen molar-refractivity contribution in [1.82, 2.24) is 9.96 Å². The van der Waals surface area contributed by atoms with Gasteiger partial charge in [-0.1, -0.05) is 6.42 Å². The number of nitrogens with zero attached hydrogens (tertiary/aromatic N) is 2. The molecule has 0 aromatic heterocycles. The summed E-state index contributed by atoms with van der Waals surface area (Å²) in [6.45, 7) is 0.485. The van der Waals surface area contributed by atoms with Crippen LogP contribution in [0.3, 0.4) is 0 Å². The van der Waals surface area contributed by atoms with Gasteiger partial charge in [0.1, 0.15) is 0 Å². The van der Waals surface area contributed by atoms with E-state index in [4.69, 9.17) is 4.74 Å². The number of carbonyl (C=O) groups excluding carboxylic acids is 2. The predicted octanol–water partition coefficient (Wildman–Crippen LogP) is 0.802. The van der Waals surface area contributed by atoms with Crippen molar-refractivity contribution in [3.63, 3.8) is 0 Å². The van der Waals surface area contributed by atoms with E-state index in [1.807, 2.05) is 0 Å².